The van der Waals surface area contributed by atoms with E-state index in [4.69, 9.17) is 22.1 Å². The third-order valence-electron chi connectivity index (χ3n) is 3.56. The summed E-state index contributed by atoms with van der Waals surface area (Å²) in [4.78, 5) is 23.5. The van der Waals surface area contributed by atoms with Crippen LogP contribution in [0.15, 0.2) is 24.3 Å². The number of benzene rings is 1. The molecule has 1 aromatic rings. The van der Waals surface area contributed by atoms with Crippen LogP contribution in [0, 0.1) is 0 Å². The highest BCUT2D eigenvalue weighted by atomic mass is 35.5. The molecule has 0 spiro atoms. The van der Waals surface area contributed by atoms with E-state index < -0.39 is 11.9 Å². The van der Waals surface area contributed by atoms with Gasteiger partial charge in [0.2, 0.25) is 5.91 Å². The van der Waals surface area contributed by atoms with Crippen LogP contribution in [-0.2, 0) is 16.0 Å². The van der Waals surface area contributed by atoms with Crippen molar-refractivity contribution in [3.63, 3.8) is 0 Å². The average Bonchev–Trinajstić information content (AvgIpc) is 2.49. The van der Waals surface area contributed by atoms with Crippen molar-refractivity contribution in [2.24, 2.45) is 5.73 Å². The smallest absolute Gasteiger partial charge is 0.315 e. The Labute approximate surface area is 134 Å². The standard InChI is InChI=1S/C15H20ClN3O3/c16-11-3-1-10(2-4-11)9-13(14(17)20)19-15(21)18-12-5-7-22-8-6-12/h1-4,12-13H,5-9H2,(H2,17,20)(H2,18,19,21). The van der Waals surface area contributed by atoms with E-state index in [1.165, 1.54) is 0 Å². The van der Waals surface area contributed by atoms with Crippen molar-refractivity contribution in [2.75, 3.05) is 13.2 Å². The molecule has 1 heterocycles. The Kier molecular flexibility index (Phi) is 6.03. The van der Waals surface area contributed by atoms with Gasteiger partial charge in [-0.3, -0.25) is 4.79 Å². The number of carbonyl (C=O) groups excluding carboxylic acids is 2. The van der Waals surface area contributed by atoms with Gasteiger partial charge in [0.15, 0.2) is 0 Å². The van der Waals surface area contributed by atoms with Crippen molar-refractivity contribution in [2.45, 2.75) is 31.3 Å². The summed E-state index contributed by atoms with van der Waals surface area (Å²) in [6.07, 6.45) is 1.87. The van der Waals surface area contributed by atoms with Gasteiger partial charge >= 0.3 is 6.03 Å². The third-order valence-corrected chi connectivity index (χ3v) is 3.81. The summed E-state index contributed by atoms with van der Waals surface area (Å²) in [5, 5.41) is 6.08. The van der Waals surface area contributed by atoms with Crippen LogP contribution in [0.4, 0.5) is 4.79 Å². The molecule has 1 aromatic carbocycles. The van der Waals surface area contributed by atoms with Crippen molar-refractivity contribution < 1.29 is 14.3 Å². The minimum Gasteiger partial charge on any atom is -0.381 e. The number of hydrogen-bond donors (Lipinski definition) is 3. The molecule has 4 N–H and O–H groups in total. The number of ether oxygens (including phenoxy) is 1. The Morgan fingerprint density at radius 2 is 1.91 bits per heavy atom. The molecule has 0 aliphatic carbocycles. The van der Waals surface area contributed by atoms with Crippen molar-refractivity contribution >= 4 is 23.5 Å². The van der Waals surface area contributed by atoms with Crippen LogP contribution in [-0.4, -0.2) is 37.2 Å². The highest BCUT2D eigenvalue weighted by Gasteiger charge is 2.21. The molecule has 1 aliphatic rings. The van der Waals surface area contributed by atoms with E-state index in [0.717, 1.165) is 18.4 Å². The van der Waals surface area contributed by atoms with Gasteiger partial charge in [-0.2, -0.15) is 0 Å². The summed E-state index contributed by atoms with van der Waals surface area (Å²) < 4.78 is 5.23. The lowest BCUT2D eigenvalue weighted by molar-refractivity contribution is -0.119. The minimum atomic E-state index is -0.763. The van der Waals surface area contributed by atoms with E-state index in [9.17, 15) is 9.59 Å². The number of urea groups is 1. The SMILES string of the molecule is NC(=O)C(Cc1ccc(Cl)cc1)NC(=O)NC1CCOCC1. The first kappa shape index (κ1) is 16.6. The Morgan fingerprint density at radius 3 is 2.50 bits per heavy atom. The first-order chi connectivity index (χ1) is 10.5. The van der Waals surface area contributed by atoms with Crippen LogP contribution in [0.5, 0.6) is 0 Å². The summed E-state index contributed by atoms with van der Waals surface area (Å²) in [6.45, 7) is 1.27. The van der Waals surface area contributed by atoms with E-state index in [2.05, 4.69) is 10.6 Å². The van der Waals surface area contributed by atoms with Crippen LogP contribution < -0.4 is 16.4 Å². The minimum absolute atomic E-state index is 0.0674. The summed E-state index contributed by atoms with van der Waals surface area (Å²) in [5.41, 5.74) is 6.24. The molecule has 22 heavy (non-hydrogen) atoms. The second-order valence-electron chi connectivity index (χ2n) is 5.29. The van der Waals surface area contributed by atoms with Gasteiger partial charge in [-0.25, -0.2) is 4.79 Å². The first-order valence-electron chi connectivity index (χ1n) is 7.23. The number of rotatable bonds is 5. The number of nitrogens with one attached hydrogen (secondary N) is 2. The van der Waals surface area contributed by atoms with Crippen LogP contribution in [0.25, 0.3) is 0 Å². The number of amides is 3. The monoisotopic (exact) mass is 325 g/mol. The summed E-state index contributed by atoms with van der Waals surface area (Å²) in [7, 11) is 0. The Morgan fingerprint density at radius 1 is 1.27 bits per heavy atom. The van der Waals surface area contributed by atoms with Gasteiger partial charge in [-0.1, -0.05) is 23.7 Å². The second-order valence-corrected chi connectivity index (χ2v) is 5.73. The van der Waals surface area contributed by atoms with E-state index >= 15 is 0 Å². The summed E-state index contributed by atoms with van der Waals surface area (Å²) in [6, 6.07) is 5.99. The van der Waals surface area contributed by atoms with Gasteiger partial charge in [0.25, 0.3) is 0 Å². The molecule has 0 aromatic heterocycles. The zero-order chi connectivity index (χ0) is 15.9. The Bertz CT molecular complexity index is 515. The lowest BCUT2D eigenvalue weighted by Crippen LogP contribution is -2.52. The number of primary amides is 1. The fraction of sp³-hybridized carbons (Fsp3) is 0.467. The maximum Gasteiger partial charge on any atom is 0.315 e. The topological polar surface area (TPSA) is 93.5 Å². The highest BCUT2D eigenvalue weighted by Crippen LogP contribution is 2.11. The molecule has 7 heteroatoms. The molecule has 1 saturated heterocycles. The van der Waals surface area contributed by atoms with Crippen LogP contribution in [0.2, 0.25) is 5.02 Å². The zero-order valence-corrected chi connectivity index (χ0v) is 12.9. The molecule has 1 unspecified atom stereocenters. The first-order valence-corrected chi connectivity index (χ1v) is 7.61. The average molecular weight is 326 g/mol. The number of nitrogens with two attached hydrogens (primary N) is 1. The lowest BCUT2D eigenvalue weighted by atomic mass is 10.1. The molecule has 0 bridgehead atoms. The number of halogens is 1. The zero-order valence-electron chi connectivity index (χ0n) is 12.2. The van der Waals surface area contributed by atoms with Gasteiger partial charge in [-0.05, 0) is 30.5 Å². The molecular weight excluding hydrogens is 306 g/mol. The molecule has 0 radical (unpaired) electrons. The molecule has 2 rings (SSSR count). The number of carbonyl (C=O) groups is 2. The van der Waals surface area contributed by atoms with Gasteiger partial charge in [0.05, 0.1) is 0 Å². The van der Waals surface area contributed by atoms with Crippen molar-refractivity contribution in [1.29, 1.82) is 0 Å². The van der Waals surface area contributed by atoms with Gasteiger partial charge < -0.3 is 21.1 Å². The maximum atomic E-state index is 12.0. The normalized spacial score (nSPS) is 16.8. The van der Waals surface area contributed by atoms with Crippen LogP contribution in [0.1, 0.15) is 18.4 Å². The quantitative estimate of drug-likeness (QED) is 0.759. The highest BCUT2D eigenvalue weighted by molar-refractivity contribution is 6.30. The molecule has 0 saturated carbocycles. The summed E-state index contributed by atoms with van der Waals surface area (Å²) in [5.74, 6) is -0.572. The van der Waals surface area contributed by atoms with E-state index in [0.29, 0.717) is 24.7 Å². The van der Waals surface area contributed by atoms with Gasteiger partial charge in [-0.15, -0.1) is 0 Å². The van der Waals surface area contributed by atoms with E-state index in [-0.39, 0.29) is 12.1 Å². The van der Waals surface area contributed by atoms with Crippen molar-refractivity contribution in [3.8, 4) is 0 Å². The predicted molar refractivity (Wildman–Crippen MR) is 83.6 cm³/mol. The molecule has 1 atom stereocenters. The van der Waals surface area contributed by atoms with Gasteiger partial charge in [0, 0.05) is 30.7 Å². The lowest BCUT2D eigenvalue weighted by Gasteiger charge is -2.24. The fourth-order valence-electron chi connectivity index (χ4n) is 2.31. The fourth-order valence-corrected chi connectivity index (χ4v) is 2.43. The van der Waals surface area contributed by atoms with E-state index in [1.54, 1.807) is 24.3 Å². The van der Waals surface area contributed by atoms with Crippen LogP contribution in [0.3, 0.4) is 0 Å². The van der Waals surface area contributed by atoms with Crippen molar-refractivity contribution in [1.82, 2.24) is 10.6 Å². The molecule has 1 aliphatic heterocycles. The summed E-state index contributed by atoms with van der Waals surface area (Å²) >= 11 is 5.82. The third kappa shape index (κ3) is 5.20. The largest absolute Gasteiger partial charge is 0.381 e. The molecule has 1 fully saturated rings. The molecule has 6 nitrogen and oxygen atoms in total. The molecule has 3 amide bonds. The van der Waals surface area contributed by atoms with E-state index in [1.807, 2.05) is 0 Å². The second kappa shape index (κ2) is 8.00. The van der Waals surface area contributed by atoms with Gasteiger partial charge in [0.1, 0.15) is 6.04 Å². The Balaban J connectivity index is 1.88. The molecular formula is C15H20ClN3O3. The maximum absolute atomic E-state index is 12.0. The van der Waals surface area contributed by atoms with Crippen molar-refractivity contribution in [3.05, 3.63) is 34.9 Å². The molecule has 120 valence electrons. The predicted octanol–water partition coefficient (Wildman–Crippen LogP) is 1.21. The van der Waals surface area contributed by atoms with Crippen LogP contribution >= 0.6 is 11.6 Å². The number of hydrogen-bond acceptors (Lipinski definition) is 3. The Hall–Kier alpha value is -1.79.